The Bertz CT molecular complexity index is 1090. The van der Waals surface area contributed by atoms with Crippen LogP contribution in [0.15, 0.2) is 47.8 Å². The Balaban J connectivity index is 1.20. The molecule has 5 rings (SSSR count). The molecule has 2 aromatic carbocycles. The number of hydrogen-bond donors (Lipinski definition) is 1. The molecule has 0 saturated carbocycles. The van der Waals surface area contributed by atoms with E-state index in [9.17, 15) is 9.90 Å². The topological polar surface area (TPSA) is 59.9 Å². The molecular formula is C24H26N4O2S. The van der Waals surface area contributed by atoms with Crippen molar-refractivity contribution in [2.45, 2.75) is 13.3 Å². The molecular weight excluding hydrogens is 408 g/mol. The molecule has 2 aliphatic heterocycles. The highest BCUT2D eigenvalue weighted by molar-refractivity contribution is 7.09. The Labute approximate surface area is 186 Å². The average molecular weight is 435 g/mol. The molecule has 3 aromatic rings. The lowest BCUT2D eigenvalue weighted by Crippen LogP contribution is -2.50. The van der Waals surface area contributed by atoms with Crippen molar-refractivity contribution in [3.05, 3.63) is 58.4 Å². The quantitative estimate of drug-likeness (QED) is 0.681. The molecule has 0 unspecified atom stereocenters. The lowest BCUT2D eigenvalue weighted by molar-refractivity contribution is -0.119. The number of hydrogen-bond acceptors (Lipinski definition) is 6. The molecule has 0 aliphatic carbocycles. The Morgan fingerprint density at radius 1 is 1.06 bits per heavy atom. The number of rotatable bonds is 4. The van der Waals surface area contributed by atoms with Crippen LogP contribution in [0.4, 0.5) is 11.4 Å². The van der Waals surface area contributed by atoms with Gasteiger partial charge >= 0.3 is 0 Å². The fourth-order valence-electron chi connectivity index (χ4n) is 4.42. The molecule has 0 radical (unpaired) electrons. The van der Waals surface area contributed by atoms with Gasteiger partial charge in [0.15, 0.2) is 0 Å². The Hall–Kier alpha value is -2.90. The minimum Gasteiger partial charge on any atom is -0.508 e. The normalized spacial score (nSPS) is 16.5. The monoisotopic (exact) mass is 434 g/mol. The number of aryl methyl sites for hydroxylation is 1. The van der Waals surface area contributed by atoms with E-state index in [-0.39, 0.29) is 11.7 Å². The fourth-order valence-corrected chi connectivity index (χ4v) is 5.04. The summed E-state index contributed by atoms with van der Waals surface area (Å²) in [7, 11) is 0. The van der Waals surface area contributed by atoms with Crippen LogP contribution in [0, 0.1) is 6.92 Å². The summed E-state index contributed by atoms with van der Waals surface area (Å²) in [5, 5.41) is 12.6. The third kappa shape index (κ3) is 4.16. The number of carbonyl (C=O) groups is 1. The number of carbonyl (C=O) groups excluding carboxylic acids is 1. The van der Waals surface area contributed by atoms with Crippen molar-refractivity contribution in [1.82, 2.24) is 9.88 Å². The number of phenolic OH excluding ortho intramolecular Hbond substituents is 1. The van der Waals surface area contributed by atoms with Gasteiger partial charge in [-0.25, -0.2) is 4.98 Å². The third-order valence-electron chi connectivity index (χ3n) is 6.14. The second-order valence-electron chi connectivity index (χ2n) is 8.17. The highest BCUT2D eigenvalue weighted by atomic mass is 32.1. The first-order valence-electron chi connectivity index (χ1n) is 10.7. The van der Waals surface area contributed by atoms with Crippen LogP contribution in [0.2, 0.25) is 0 Å². The summed E-state index contributed by atoms with van der Waals surface area (Å²) in [5.41, 5.74) is 5.53. The van der Waals surface area contributed by atoms with Gasteiger partial charge in [-0.2, -0.15) is 0 Å². The van der Waals surface area contributed by atoms with Gasteiger partial charge in [0.05, 0.1) is 17.2 Å². The third-order valence-corrected chi connectivity index (χ3v) is 6.91. The van der Waals surface area contributed by atoms with E-state index in [1.165, 1.54) is 5.56 Å². The molecule has 1 N–H and O–H groups in total. The molecule has 2 aliphatic rings. The van der Waals surface area contributed by atoms with Crippen LogP contribution in [-0.4, -0.2) is 60.2 Å². The summed E-state index contributed by atoms with van der Waals surface area (Å²) in [5.74, 6) is 0.460. The fraction of sp³-hybridized carbons (Fsp3) is 0.333. The van der Waals surface area contributed by atoms with E-state index in [4.69, 9.17) is 0 Å². The molecule has 1 aromatic heterocycles. The smallest absolute Gasteiger partial charge is 0.241 e. The van der Waals surface area contributed by atoms with Gasteiger partial charge in [0.2, 0.25) is 5.91 Å². The summed E-state index contributed by atoms with van der Waals surface area (Å²) >= 11 is 1.66. The highest BCUT2D eigenvalue weighted by Gasteiger charge is 2.27. The molecule has 0 spiro atoms. The van der Waals surface area contributed by atoms with Crippen molar-refractivity contribution in [2.75, 3.05) is 49.1 Å². The van der Waals surface area contributed by atoms with Gasteiger partial charge in [0, 0.05) is 55.0 Å². The summed E-state index contributed by atoms with van der Waals surface area (Å²) in [6, 6.07) is 13.7. The van der Waals surface area contributed by atoms with Crippen LogP contribution in [0.25, 0.3) is 11.3 Å². The maximum atomic E-state index is 13.1. The SMILES string of the molecule is Cc1nc(-c2ccc3c(c2)CCN3C(=O)CN2CCN(c3ccc(O)cc3)CC2)cs1. The first-order chi connectivity index (χ1) is 15.1. The highest BCUT2D eigenvalue weighted by Crippen LogP contribution is 2.33. The van der Waals surface area contributed by atoms with E-state index in [0.717, 1.165) is 66.8 Å². The van der Waals surface area contributed by atoms with Crippen LogP contribution >= 0.6 is 11.3 Å². The van der Waals surface area contributed by atoms with Crippen LogP contribution in [0.1, 0.15) is 10.6 Å². The van der Waals surface area contributed by atoms with Gasteiger partial charge in [-0.3, -0.25) is 9.69 Å². The molecule has 7 heteroatoms. The summed E-state index contributed by atoms with van der Waals surface area (Å²) in [6.07, 6.45) is 0.895. The number of aromatic hydroxyl groups is 1. The van der Waals surface area contributed by atoms with Crippen molar-refractivity contribution in [1.29, 1.82) is 0 Å². The number of piperazine rings is 1. The van der Waals surface area contributed by atoms with E-state index in [1.807, 2.05) is 24.0 Å². The summed E-state index contributed by atoms with van der Waals surface area (Å²) in [4.78, 5) is 24.1. The Morgan fingerprint density at radius 2 is 1.84 bits per heavy atom. The van der Waals surface area contributed by atoms with Gasteiger partial charge in [0.1, 0.15) is 5.75 Å². The maximum absolute atomic E-state index is 13.1. The van der Waals surface area contributed by atoms with Crippen LogP contribution < -0.4 is 9.80 Å². The first kappa shape index (κ1) is 20.0. The molecule has 1 fully saturated rings. The number of nitrogens with zero attached hydrogens (tertiary/aromatic N) is 4. The zero-order valence-corrected chi connectivity index (χ0v) is 18.4. The Morgan fingerprint density at radius 3 is 2.55 bits per heavy atom. The number of amides is 1. The van der Waals surface area contributed by atoms with Crippen LogP contribution in [-0.2, 0) is 11.2 Å². The van der Waals surface area contributed by atoms with Gasteiger partial charge in [-0.05, 0) is 55.3 Å². The van der Waals surface area contributed by atoms with E-state index >= 15 is 0 Å². The van der Waals surface area contributed by atoms with E-state index in [2.05, 4.69) is 38.4 Å². The summed E-state index contributed by atoms with van der Waals surface area (Å²) < 4.78 is 0. The van der Waals surface area contributed by atoms with Gasteiger partial charge in [-0.1, -0.05) is 6.07 Å². The largest absolute Gasteiger partial charge is 0.508 e. The van der Waals surface area contributed by atoms with E-state index < -0.39 is 0 Å². The molecule has 0 atom stereocenters. The lowest BCUT2D eigenvalue weighted by atomic mass is 10.1. The first-order valence-corrected chi connectivity index (χ1v) is 11.6. The standard InChI is InChI=1S/C24H26N4O2S/c1-17-25-22(16-31-17)18-2-7-23-19(14-18)8-9-28(23)24(30)15-26-10-12-27(13-11-26)20-3-5-21(29)6-4-20/h2-7,14,16,29H,8-13,15H2,1H3. The average Bonchev–Trinajstić information content (AvgIpc) is 3.40. The zero-order chi connectivity index (χ0) is 21.4. The van der Waals surface area contributed by atoms with Gasteiger partial charge < -0.3 is 14.9 Å². The Kier molecular flexibility index (Phi) is 5.38. The van der Waals surface area contributed by atoms with Gasteiger partial charge in [-0.15, -0.1) is 11.3 Å². The number of benzene rings is 2. The van der Waals surface area contributed by atoms with Gasteiger partial charge in [0.25, 0.3) is 0 Å². The van der Waals surface area contributed by atoms with Crippen molar-refractivity contribution in [3.63, 3.8) is 0 Å². The van der Waals surface area contributed by atoms with Crippen molar-refractivity contribution in [3.8, 4) is 17.0 Å². The molecule has 3 heterocycles. The van der Waals surface area contributed by atoms with E-state index in [0.29, 0.717) is 6.54 Å². The molecule has 160 valence electrons. The predicted molar refractivity (Wildman–Crippen MR) is 125 cm³/mol. The predicted octanol–water partition coefficient (Wildman–Crippen LogP) is 3.54. The van der Waals surface area contributed by atoms with Crippen molar-refractivity contribution in [2.24, 2.45) is 0 Å². The van der Waals surface area contributed by atoms with Crippen LogP contribution in [0.3, 0.4) is 0 Å². The lowest BCUT2D eigenvalue weighted by Gasteiger charge is -2.36. The number of thiazole rings is 1. The molecule has 1 saturated heterocycles. The second-order valence-corrected chi connectivity index (χ2v) is 9.23. The molecule has 31 heavy (non-hydrogen) atoms. The second kappa shape index (κ2) is 8.32. The zero-order valence-electron chi connectivity index (χ0n) is 17.6. The van der Waals surface area contributed by atoms with Crippen molar-refractivity contribution >= 4 is 28.6 Å². The van der Waals surface area contributed by atoms with E-state index in [1.54, 1.807) is 23.5 Å². The number of phenols is 1. The summed E-state index contributed by atoms with van der Waals surface area (Å²) in [6.45, 7) is 6.70. The minimum absolute atomic E-state index is 0.175. The number of anilines is 2. The molecule has 0 bridgehead atoms. The molecule has 1 amide bonds. The van der Waals surface area contributed by atoms with Crippen LogP contribution in [0.5, 0.6) is 5.75 Å². The maximum Gasteiger partial charge on any atom is 0.241 e. The number of fused-ring (bicyclic) bond motifs is 1. The number of aromatic nitrogens is 1. The molecule has 6 nitrogen and oxygen atoms in total. The van der Waals surface area contributed by atoms with Crippen molar-refractivity contribution < 1.29 is 9.90 Å². The minimum atomic E-state index is 0.175.